The fourth-order valence-corrected chi connectivity index (χ4v) is 3.77. The van der Waals surface area contributed by atoms with Gasteiger partial charge in [-0.05, 0) is 37.5 Å². The summed E-state index contributed by atoms with van der Waals surface area (Å²) in [4.78, 5) is 12.9. The van der Waals surface area contributed by atoms with Gasteiger partial charge in [0.05, 0.1) is 18.8 Å². The molecule has 0 spiro atoms. The molecule has 2 N–H and O–H groups in total. The number of aliphatic hydroxyl groups excluding tert-OH is 1. The summed E-state index contributed by atoms with van der Waals surface area (Å²) in [5.41, 5.74) is 3.67. The number of aromatic nitrogens is 2. The zero-order valence-electron chi connectivity index (χ0n) is 17.1. The van der Waals surface area contributed by atoms with E-state index in [0.29, 0.717) is 19.1 Å². The van der Waals surface area contributed by atoms with Crippen molar-refractivity contribution in [2.75, 3.05) is 39.3 Å². The molecule has 6 nitrogen and oxygen atoms in total. The van der Waals surface area contributed by atoms with Gasteiger partial charge in [0, 0.05) is 56.5 Å². The monoisotopic (exact) mass is 374 g/mol. The van der Waals surface area contributed by atoms with Gasteiger partial charge in [-0.1, -0.05) is 13.8 Å². The average molecular weight is 375 g/mol. The van der Waals surface area contributed by atoms with Crippen LogP contribution in [0.4, 0.5) is 0 Å². The minimum Gasteiger partial charge on any atom is -0.389 e. The Morgan fingerprint density at radius 1 is 1.15 bits per heavy atom. The van der Waals surface area contributed by atoms with Crippen molar-refractivity contribution in [2.45, 2.75) is 52.4 Å². The largest absolute Gasteiger partial charge is 0.389 e. The maximum atomic E-state index is 10.1. The molecule has 0 bridgehead atoms. The number of pyridine rings is 1. The molecule has 0 aliphatic carbocycles. The molecule has 1 aliphatic heterocycles. The van der Waals surface area contributed by atoms with Crippen LogP contribution in [-0.2, 0) is 11.3 Å². The Balaban J connectivity index is 1.57. The SMILES string of the molecule is CC(C)OC[C@H](O)CN1CCN(Cc2c(C(C)C)[nH]c3ncccc23)CC1. The molecule has 1 atom stereocenters. The predicted octanol–water partition coefficient (Wildman–Crippen LogP) is 2.59. The standard InChI is InChI=1S/C21H34N4O2/c1-15(2)20-19(18-6-5-7-22-21(18)23-20)13-25-10-8-24(9-11-25)12-17(26)14-27-16(3)4/h5-7,15-17,26H,8-14H2,1-4H3,(H,22,23)/t17-/m1/s1. The molecule has 150 valence electrons. The Morgan fingerprint density at radius 2 is 1.85 bits per heavy atom. The lowest BCUT2D eigenvalue weighted by Crippen LogP contribution is -2.48. The van der Waals surface area contributed by atoms with Gasteiger partial charge in [-0.25, -0.2) is 4.98 Å². The van der Waals surface area contributed by atoms with E-state index < -0.39 is 6.10 Å². The summed E-state index contributed by atoms with van der Waals surface area (Å²) >= 11 is 0. The highest BCUT2D eigenvalue weighted by Crippen LogP contribution is 2.28. The van der Waals surface area contributed by atoms with Crippen molar-refractivity contribution in [1.82, 2.24) is 19.8 Å². The Kier molecular flexibility index (Phi) is 6.87. The maximum absolute atomic E-state index is 10.1. The molecule has 27 heavy (non-hydrogen) atoms. The van der Waals surface area contributed by atoms with Crippen LogP contribution in [0.1, 0.15) is 44.9 Å². The van der Waals surface area contributed by atoms with Crippen molar-refractivity contribution in [3.63, 3.8) is 0 Å². The summed E-state index contributed by atoms with van der Waals surface area (Å²) in [7, 11) is 0. The molecule has 6 heteroatoms. The second kappa shape index (κ2) is 9.15. The Hall–Kier alpha value is -1.47. The first-order valence-electron chi connectivity index (χ1n) is 10.1. The number of H-pyrrole nitrogens is 1. The fourth-order valence-electron chi connectivity index (χ4n) is 3.77. The molecule has 2 aromatic heterocycles. The molecular weight excluding hydrogens is 340 g/mol. The van der Waals surface area contributed by atoms with Crippen LogP contribution < -0.4 is 0 Å². The van der Waals surface area contributed by atoms with E-state index in [9.17, 15) is 5.11 Å². The van der Waals surface area contributed by atoms with Crippen molar-refractivity contribution >= 4 is 11.0 Å². The first-order valence-corrected chi connectivity index (χ1v) is 10.1. The number of aromatic amines is 1. The van der Waals surface area contributed by atoms with Gasteiger partial charge in [0.2, 0.25) is 0 Å². The number of aliphatic hydroxyl groups is 1. The van der Waals surface area contributed by atoms with Crippen LogP contribution >= 0.6 is 0 Å². The zero-order valence-corrected chi connectivity index (χ0v) is 17.1. The molecule has 0 unspecified atom stereocenters. The van der Waals surface area contributed by atoms with Gasteiger partial charge in [0.25, 0.3) is 0 Å². The molecule has 2 aromatic rings. The third-order valence-electron chi connectivity index (χ3n) is 5.23. The third kappa shape index (κ3) is 5.29. The number of piperazine rings is 1. The maximum Gasteiger partial charge on any atom is 0.137 e. The highest BCUT2D eigenvalue weighted by molar-refractivity contribution is 5.81. The van der Waals surface area contributed by atoms with Gasteiger partial charge in [0.1, 0.15) is 5.65 Å². The van der Waals surface area contributed by atoms with Crippen LogP contribution in [0.2, 0.25) is 0 Å². The van der Waals surface area contributed by atoms with Crippen LogP contribution in [-0.4, -0.2) is 76.4 Å². The summed E-state index contributed by atoms with van der Waals surface area (Å²) in [6.07, 6.45) is 1.60. The number of rotatable bonds is 8. The normalized spacial score (nSPS) is 18.0. The van der Waals surface area contributed by atoms with Crippen LogP contribution in [0.25, 0.3) is 11.0 Å². The van der Waals surface area contributed by atoms with Crippen molar-refractivity contribution in [3.05, 3.63) is 29.6 Å². The van der Waals surface area contributed by atoms with E-state index in [1.807, 2.05) is 26.1 Å². The quantitative estimate of drug-likeness (QED) is 0.744. The second-order valence-electron chi connectivity index (χ2n) is 8.18. The predicted molar refractivity (Wildman–Crippen MR) is 109 cm³/mol. The molecule has 1 saturated heterocycles. The lowest BCUT2D eigenvalue weighted by molar-refractivity contribution is -0.0148. The molecule has 1 fully saturated rings. The number of hydrogen-bond acceptors (Lipinski definition) is 5. The lowest BCUT2D eigenvalue weighted by Gasteiger charge is -2.35. The number of β-amino-alcohol motifs (C(OH)–C–C–N with tert-alkyl or cyclic N) is 1. The third-order valence-corrected chi connectivity index (χ3v) is 5.23. The van der Waals surface area contributed by atoms with E-state index in [0.717, 1.165) is 38.4 Å². The summed E-state index contributed by atoms with van der Waals surface area (Å²) in [6.45, 7) is 14.5. The number of nitrogens with zero attached hydrogens (tertiary/aromatic N) is 3. The van der Waals surface area contributed by atoms with E-state index >= 15 is 0 Å². The van der Waals surface area contributed by atoms with Gasteiger partial charge >= 0.3 is 0 Å². The van der Waals surface area contributed by atoms with Crippen molar-refractivity contribution in [2.24, 2.45) is 0 Å². The van der Waals surface area contributed by atoms with Crippen LogP contribution in [0.3, 0.4) is 0 Å². The van der Waals surface area contributed by atoms with E-state index in [1.54, 1.807) is 0 Å². The molecule has 0 amide bonds. The fraction of sp³-hybridized carbons (Fsp3) is 0.667. The van der Waals surface area contributed by atoms with Gasteiger partial charge in [0.15, 0.2) is 0 Å². The van der Waals surface area contributed by atoms with Gasteiger partial charge in [-0.2, -0.15) is 0 Å². The number of nitrogens with one attached hydrogen (secondary N) is 1. The first-order chi connectivity index (χ1) is 12.9. The summed E-state index contributed by atoms with van der Waals surface area (Å²) in [5.74, 6) is 0.451. The Bertz CT molecular complexity index is 720. The highest BCUT2D eigenvalue weighted by atomic mass is 16.5. The molecular formula is C21H34N4O2. The summed E-state index contributed by atoms with van der Waals surface area (Å²) in [6, 6.07) is 4.18. The van der Waals surface area contributed by atoms with Gasteiger partial charge < -0.3 is 14.8 Å². The van der Waals surface area contributed by atoms with Crippen molar-refractivity contribution < 1.29 is 9.84 Å². The summed E-state index contributed by atoms with van der Waals surface area (Å²) in [5, 5.41) is 11.4. The minimum atomic E-state index is -0.411. The number of hydrogen-bond donors (Lipinski definition) is 2. The second-order valence-corrected chi connectivity index (χ2v) is 8.18. The molecule has 0 saturated carbocycles. The van der Waals surface area contributed by atoms with Gasteiger partial charge in [-0.3, -0.25) is 9.80 Å². The smallest absolute Gasteiger partial charge is 0.137 e. The number of fused-ring (bicyclic) bond motifs is 1. The van der Waals surface area contributed by atoms with E-state index in [1.165, 1.54) is 16.6 Å². The highest BCUT2D eigenvalue weighted by Gasteiger charge is 2.22. The minimum absolute atomic E-state index is 0.164. The van der Waals surface area contributed by atoms with Crippen LogP contribution in [0.5, 0.6) is 0 Å². The molecule has 3 rings (SSSR count). The Morgan fingerprint density at radius 3 is 2.52 bits per heavy atom. The van der Waals surface area contributed by atoms with E-state index in [-0.39, 0.29) is 6.10 Å². The lowest BCUT2D eigenvalue weighted by atomic mass is 10.0. The van der Waals surface area contributed by atoms with Crippen LogP contribution in [0, 0.1) is 0 Å². The first kappa shape index (κ1) is 20.3. The topological polar surface area (TPSA) is 64.6 Å². The molecule has 0 aromatic carbocycles. The molecule has 3 heterocycles. The van der Waals surface area contributed by atoms with E-state index in [4.69, 9.17) is 4.74 Å². The van der Waals surface area contributed by atoms with Crippen molar-refractivity contribution in [1.29, 1.82) is 0 Å². The van der Waals surface area contributed by atoms with Gasteiger partial charge in [-0.15, -0.1) is 0 Å². The Labute approximate surface area is 162 Å². The average Bonchev–Trinajstić information content (AvgIpc) is 3.01. The number of ether oxygens (including phenoxy) is 1. The summed E-state index contributed by atoms with van der Waals surface area (Å²) < 4.78 is 5.52. The molecule has 0 radical (unpaired) electrons. The van der Waals surface area contributed by atoms with Crippen LogP contribution in [0.15, 0.2) is 18.3 Å². The zero-order chi connectivity index (χ0) is 19.4. The van der Waals surface area contributed by atoms with E-state index in [2.05, 4.69) is 39.7 Å². The molecule has 1 aliphatic rings. The van der Waals surface area contributed by atoms with Crippen molar-refractivity contribution in [3.8, 4) is 0 Å².